The van der Waals surface area contributed by atoms with E-state index in [1.54, 1.807) is 0 Å². The number of nitrogens with zero attached hydrogens (tertiary/aromatic N) is 1. The average Bonchev–Trinajstić information content (AvgIpc) is 2.28. The zero-order valence-corrected chi connectivity index (χ0v) is 9.86. The first-order valence-corrected chi connectivity index (χ1v) is 6.04. The van der Waals surface area contributed by atoms with E-state index in [0.717, 1.165) is 4.90 Å². The molecule has 18 heavy (non-hydrogen) atoms. The van der Waals surface area contributed by atoms with Crippen molar-refractivity contribution < 1.29 is 23.5 Å². The van der Waals surface area contributed by atoms with Crippen molar-refractivity contribution in [2.75, 3.05) is 13.1 Å². The summed E-state index contributed by atoms with van der Waals surface area (Å²) >= 11 is 0. The van der Waals surface area contributed by atoms with Crippen LogP contribution in [-0.2, 0) is 4.79 Å². The number of carboxylic acid groups (broad SMARTS) is 1. The Morgan fingerprint density at radius 3 is 2.44 bits per heavy atom. The van der Waals surface area contributed by atoms with Gasteiger partial charge in [-0.25, -0.2) is 13.6 Å². The van der Waals surface area contributed by atoms with Crippen molar-refractivity contribution in [1.82, 2.24) is 10.2 Å². The fourth-order valence-corrected chi connectivity index (χ4v) is 2.43. The number of hydrogen-bond acceptors (Lipinski definition) is 2. The zero-order chi connectivity index (χ0) is 13.3. The summed E-state index contributed by atoms with van der Waals surface area (Å²) in [6.45, 7) is 0.484. The number of rotatable bonds is 3. The lowest BCUT2D eigenvalue weighted by Crippen LogP contribution is -2.63. The normalized spacial score (nSPS) is 27.2. The van der Waals surface area contributed by atoms with Crippen LogP contribution in [0.25, 0.3) is 0 Å². The van der Waals surface area contributed by atoms with E-state index in [-0.39, 0.29) is 31.2 Å². The third-order valence-corrected chi connectivity index (χ3v) is 3.69. The number of carbonyl (C=O) groups is 2. The number of halogens is 2. The average molecular weight is 262 g/mol. The van der Waals surface area contributed by atoms with Gasteiger partial charge in [0.2, 0.25) is 11.8 Å². The molecule has 5 nitrogen and oxygen atoms in total. The summed E-state index contributed by atoms with van der Waals surface area (Å²) < 4.78 is 26.0. The van der Waals surface area contributed by atoms with Crippen LogP contribution in [0, 0.1) is 5.92 Å². The molecule has 0 aromatic heterocycles. The number of β-lactam (4-membered cyclic amide) rings is 1. The fourth-order valence-electron chi connectivity index (χ4n) is 2.43. The molecule has 2 amide bonds. The largest absolute Gasteiger partial charge is 0.465 e. The molecule has 1 atom stereocenters. The standard InChI is InChI=1S/C11H16F2N2O3/c12-11(13)3-1-7(2-4-11)6-15(10(17)18)8-5-14-9(8)16/h7-8H,1-6H2,(H,14,16)(H,17,18)/t8-/m0/s1. The summed E-state index contributed by atoms with van der Waals surface area (Å²) in [4.78, 5) is 23.3. The van der Waals surface area contributed by atoms with Gasteiger partial charge in [0.25, 0.3) is 0 Å². The lowest BCUT2D eigenvalue weighted by atomic mass is 9.86. The van der Waals surface area contributed by atoms with Crippen molar-refractivity contribution in [3.05, 3.63) is 0 Å². The monoisotopic (exact) mass is 262 g/mol. The Hall–Kier alpha value is -1.40. The third-order valence-electron chi connectivity index (χ3n) is 3.69. The summed E-state index contributed by atoms with van der Waals surface area (Å²) in [5.74, 6) is -2.99. The topological polar surface area (TPSA) is 69.6 Å². The minimum absolute atomic E-state index is 0.0749. The molecule has 1 saturated carbocycles. The first-order valence-electron chi connectivity index (χ1n) is 6.04. The van der Waals surface area contributed by atoms with Gasteiger partial charge in [-0.2, -0.15) is 0 Å². The molecular weight excluding hydrogens is 246 g/mol. The second-order valence-corrected chi connectivity index (χ2v) is 5.00. The Morgan fingerprint density at radius 2 is 2.06 bits per heavy atom. The highest BCUT2D eigenvalue weighted by atomic mass is 19.3. The van der Waals surface area contributed by atoms with Crippen molar-refractivity contribution >= 4 is 12.0 Å². The fraction of sp³-hybridized carbons (Fsp3) is 0.818. The van der Waals surface area contributed by atoms with E-state index in [0.29, 0.717) is 19.4 Å². The molecule has 2 aliphatic rings. The molecule has 1 aliphatic carbocycles. The Bertz CT molecular complexity index is 352. The number of nitrogens with one attached hydrogen (secondary N) is 1. The van der Waals surface area contributed by atoms with Crippen molar-refractivity contribution in [2.24, 2.45) is 5.92 Å². The molecule has 0 spiro atoms. The summed E-state index contributed by atoms with van der Waals surface area (Å²) in [7, 11) is 0. The molecule has 0 radical (unpaired) electrons. The van der Waals surface area contributed by atoms with Gasteiger partial charge in [0.05, 0.1) is 0 Å². The first kappa shape index (κ1) is 13.0. The maximum atomic E-state index is 13.0. The van der Waals surface area contributed by atoms with Crippen molar-refractivity contribution in [1.29, 1.82) is 0 Å². The van der Waals surface area contributed by atoms with Gasteiger partial charge >= 0.3 is 6.09 Å². The molecule has 7 heteroatoms. The van der Waals surface area contributed by atoms with Crippen LogP contribution in [0.2, 0.25) is 0 Å². The lowest BCUT2D eigenvalue weighted by Gasteiger charge is -2.38. The highest BCUT2D eigenvalue weighted by molar-refractivity contribution is 5.90. The molecule has 0 aromatic rings. The molecular formula is C11H16F2N2O3. The Balaban J connectivity index is 1.90. The van der Waals surface area contributed by atoms with Crippen LogP contribution in [0.3, 0.4) is 0 Å². The highest BCUT2D eigenvalue weighted by Gasteiger charge is 2.40. The van der Waals surface area contributed by atoms with E-state index in [1.807, 2.05) is 0 Å². The molecule has 2 N–H and O–H groups in total. The summed E-state index contributed by atoms with van der Waals surface area (Å²) in [6, 6.07) is -0.648. The molecule has 2 fully saturated rings. The minimum Gasteiger partial charge on any atom is -0.465 e. The second-order valence-electron chi connectivity index (χ2n) is 5.00. The van der Waals surface area contributed by atoms with E-state index in [4.69, 9.17) is 5.11 Å². The number of hydrogen-bond donors (Lipinski definition) is 2. The number of amides is 2. The molecule has 0 unspecified atom stereocenters. The Labute approximate surface area is 103 Å². The lowest BCUT2D eigenvalue weighted by molar-refractivity contribution is -0.132. The van der Waals surface area contributed by atoms with Gasteiger partial charge in [-0.3, -0.25) is 9.69 Å². The molecule has 1 aliphatic heterocycles. The predicted octanol–water partition coefficient (Wildman–Crippen LogP) is 1.29. The van der Waals surface area contributed by atoms with Gasteiger partial charge in [0.15, 0.2) is 0 Å². The smallest absolute Gasteiger partial charge is 0.408 e. The van der Waals surface area contributed by atoms with Crippen LogP contribution >= 0.6 is 0 Å². The van der Waals surface area contributed by atoms with E-state index in [1.165, 1.54) is 0 Å². The number of alkyl halides is 2. The van der Waals surface area contributed by atoms with Gasteiger partial charge in [0.1, 0.15) is 6.04 Å². The van der Waals surface area contributed by atoms with Crippen LogP contribution < -0.4 is 5.32 Å². The van der Waals surface area contributed by atoms with E-state index < -0.39 is 18.1 Å². The molecule has 0 bridgehead atoms. The quantitative estimate of drug-likeness (QED) is 0.753. The van der Waals surface area contributed by atoms with Gasteiger partial charge in [-0.1, -0.05) is 0 Å². The number of carbonyl (C=O) groups excluding carboxylic acids is 1. The second kappa shape index (κ2) is 4.70. The van der Waals surface area contributed by atoms with Crippen LogP contribution in [0.4, 0.5) is 13.6 Å². The molecule has 102 valence electrons. The van der Waals surface area contributed by atoms with E-state index >= 15 is 0 Å². The van der Waals surface area contributed by atoms with Gasteiger partial charge < -0.3 is 10.4 Å². The van der Waals surface area contributed by atoms with E-state index in [2.05, 4.69) is 5.32 Å². The van der Waals surface area contributed by atoms with E-state index in [9.17, 15) is 18.4 Å². The minimum atomic E-state index is -2.61. The predicted molar refractivity (Wildman–Crippen MR) is 58.4 cm³/mol. The van der Waals surface area contributed by atoms with Gasteiger partial charge in [-0.15, -0.1) is 0 Å². The maximum Gasteiger partial charge on any atom is 0.408 e. The third kappa shape index (κ3) is 2.70. The molecule has 2 rings (SSSR count). The highest BCUT2D eigenvalue weighted by Crippen LogP contribution is 2.36. The summed E-state index contributed by atoms with van der Waals surface area (Å²) in [6.07, 6.45) is -0.924. The zero-order valence-electron chi connectivity index (χ0n) is 9.86. The van der Waals surface area contributed by atoms with Crippen molar-refractivity contribution in [2.45, 2.75) is 37.6 Å². The molecule has 1 heterocycles. The van der Waals surface area contributed by atoms with Gasteiger partial charge in [0, 0.05) is 25.9 Å². The van der Waals surface area contributed by atoms with Crippen LogP contribution in [0.1, 0.15) is 25.7 Å². The van der Waals surface area contributed by atoms with Crippen LogP contribution in [-0.4, -0.2) is 47.1 Å². The van der Waals surface area contributed by atoms with Crippen LogP contribution in [0.5, 0.6) is 0 Å². The van der Waals surface area contributed by atoms with Crippen molar-refractivity contribution in [3.8, 4) is 0 Å². The Kier molecular flexibility index (Phi) is 3.41. The van der Waals surface area contributed by atoms with Crippen LogP contribution in [0.15, 0.2) is 0 Å². The Morgan fingerprint density at radius 1 is 1.44 bits per heavy atom. The first-order chi connectivity index (χ1) is 8.39. The van der Waals surface area contributed by atoms with Crippen molar-refractivity contribution in [3.63, 3.8) is 0 Å². The van der Waals surface area contributed by atoms with Gasteiger partial charge in [-0.05, 0) is 18.8 Å². The SMILES string of the molecule is O=C1NC[C@@H]1N(CC1CCC(F)(F)CC1)C(=O)O. The maximum absolute atomic E-state index is 13.0. The molecule has 1 saturated heterocycles. The summed E-state index contributed by atoms with van der Waals surface area (Å²) in [5.41, 5.74) is 0. The molecule has 0 aromatic carbocycles. The summed E-state index contributed by atoms with van der Waals surface area (Å²) in [5, 5.41) is 11.5.